The van der Waals surface area contributed by atoms with E-state index in [1.807, 2.05) is 31.2 Å². The monoisotopic (exact) mass is 249 g/mol. The molecular formula is C14H19NO3. The zero-order valence-corrected chi connectivity index (χ0v) is 10.8. The molecule has 0 radical (unpaired) electrons. The molecule has 0 unspecified atom stereocenters. The summed E-state index contributed by atoms with van der Waals surface area (Å²) in [6, 6.07) is 7.77. The van der Waals surface area contributed by atoms with Gasteiger partial charge in [-0.05, 0) is 24.1 Å². The Morgan fingerprint density at radius 2 is 2.28 bits per heavy atom. The summed E-state index contributed by atoms with van der Waals surface area (Å²) in [6.45, 7) is 3.07. The predicted octanol–water partition coefficient (Wildman–Crippen LogP) is 2.21. The van der Waals surface area contributed by atoms with E-state index in [1.54, 1.807) is 13.2 Å². The van der Waals surface area contributed by atoms with Gasteiger partial charge in [0.25, 0.3) is 0 Å². The van der Waals surface area contributed by atoms with E-state index in [0.29, 0.717) is 25.1 Å². The van der Waals surface area contributed by atoms with E-state index in [1.165, 1.54) is 0 Å². The van der Waals surface area contributed by atoms with Crippen LogP contribution in [0.3, 0.4) is 0 Å². The number of carbonyl (C=O) groups is 1. The standard InChI is InChI=1S/C14H19NO3/c1-3-12(14(16)17)7-8-15-10-11-5-4-6-13(9-11)18-2/h4-7,9,15H,3,8,10H2,1-2H3,(H,16,17)/b12-7-. The summed E-state index contributed by atoms with van der Waals surface area (Å²) >= 11 is 0. The fraction of sp³-hybridized carbons (Fsp3) is 0.357. The summed E-state index contributed by atoms with van der Waals surface area (Å²) in [5, 5.41) is 12.0. The molecular weight excluding hydrogens is 230 g/mol. The lowest BCUT2D eigenvalue weighted by atomic mass is 10.2. The first kappa shape index (κ1) is 14.3. The molecule has 0 aliphatic rings. The molecule has 1 aromatic carbocycles. The third-order valence-electron chi connectivity index (χ3n) is 2.61. The Hall–Kier alpha value is -1.81. The summed E-state index contributed by atoms with van der Waals surface area (Å²) in [6.07, 6.45) is 2.25. The van der Waals surface area contributed by atoms with Crippen molar-refractivity contribution in [1.82, 2.24) is 5.32 Å². The Morgan fingerprint density at radius 3 is 2.89 bits per heavy atom. The molecule has 1 aromatic rings. The number of rotatable bonds is 7. The number of ether oxygens (including phenoxy) is 1. The first-order chi connectivity index (χ1) is 8.67. The highest BCUT2D eigenvalue weighted by molar-refractivity contribution is 5.86. The number of methoxy groups -OCH3 is 1. The van der Waals surface area contributed by atoms with Gasteiger partial charge in [-0.15, -0.1) is 0 Å². The minimum absolute atomic E-state index is 0.438. The van der Waals surface area contributed by atoms with E-state index in [0.717, 1.165) is 11.3 Å². The third kappa shape index (κ3) is 4.59. The molecule has 0 saturated carbocycles. The Morgan fingerprint density at radius 1 is 1.50 bits per heavy atom. The summed E-state index contributed by atoms with van der Waals surface area (Å²) in [5.74, 6) is -0.0229. The van der Waals surface area contributed by atoms with Crippen molar-refractivity contribution >= 4 is 5.97 Å². The highest BCUT2D eigenvalue weighted by Gasteiger charge is 2.02. The number of carboxylic acids is 1. The molecule has 0 aliphatic heterocycles. The zero-order chi connectivity index (χ0) is 13.4. The van der Waals surface area contributed by atoms with Gasteiger partial charge in [-0.1, -0.05) is 25.1 Å². The van der Waals surface area contributed by atoms with Crippen molar-refractivity contribution < 1.29 is 14.6 Å². The number of aliphatic carboxylic acids is 1. The number of benzene rings is 1. The predicted molar refractivity (Wildman–Crippen MR) is 70.7 cm³/mol. The highest BCUT2D eigenvalue weighted by atomic mass is 16.5. The van der Waals surface area contributed by atoms with Crippen LogP contribution in [0.15, 0.2) is 35.9 Å². The second-order valence-electron chi connectivity index (χ2n) is 3.87. The molecule has 0 aromatic heterocycles. The summed E-state index contributed by atoms with van der Waals surface area (Å²) in [4.78, 5) is 10.8. The van der Waals surface area contributed by atoms with Crippen LogP contribution in [-0.2, 0) is 11.3 Å². The van der Waals surface area contributed by atoms with Gasteiger partial charge in [0.05, 0.1) is 7.11 Å². The van der Waals surface area contributed by atoms with Gasteiger partial charge in [0.15, 0.2) is 0 Å². The molecule has 18 heavy (non-hydrogen) atoms. The Kier molecular flexibility index (Phi) is 5.94. The maximum absolute atomic E-state index is 10.8. The first-order valence-corrected chi connectivity index (χ1v) is 5.93. The molecule has 98 valence electrons. The van der Waals surface area contributed by atoms with Crippen molar-refractivity contribution in [2.45, 2.75) is 19.9 Å². The molecule has 0 spiro atoms. The van der Waals surface area contributed by atoms with E-state index in [-0.39, 0.29) is 0 Å². The Balaban J connectivity index is 2.44. The van der Waals surface area contributed by atoms with Crippen molar-refractivity contribution in [3.63, 3.8) is 0 Å². The summed E-state index contributed by atoms with van der Waals surface area (Å²) < 4.78 is 5.13. The van der Waals surface area contributed by atoms with Gasteiger partial charge in [-0.3, -0.25) is 0 Å². The lowest BCUT2D eigenvalue weighted by Crippen LogP contribution is -2.14. The van der Waals surface area contributed by atoms with Gasteiger partial charge >= 0.3 is 5.97 Å². The molecule has 2 N–H and O–H groups in total. The Labute approximate surface area is 107 Å². The molecule has 1 rings (SSSR count). The average Bonchev–Trinajstić information content (AvgIpc) is 2.38. The van der Waals surface area contributed by atoms with Crippen LogP contribution in [0.4, 0.5) is 0 Å². The number of hydrogen-bond acceptors (Lipinski definition) is 3. The minimum Gasteiger partial charge on any atom is -0.497 e. The van der Waals surface area contributed by atoms with Gasteiger partial charge in [-0.25, -0.2) is 4.79 Å². The maximum Gasteiger partial charge on any atom is 0.331 e. The zero-order valence-electron chi connectivity index (χ0n) is 10.8. The molecule has 4 heteroatoms. The molecule has 0 heterocycles. The van der Waals surface area contributed by atoms with Crippen LogP contribution in [-0.4, -0.2) is 24.7 Å². The van der Waals surface area contributed by atoms with Crippen LogP contribution in [0.1, 0.15) is 18.9 Å². The van der Waals surface area contributed by atoms with E-state index < -0.39 is 5.97 Å². The normalized spacial score (nSPS) is 11.3. The van der Waals surface area contributed by atoms with Crippen LogP contribution in [0.2, 0.25) is 0 Å². The fourth-order valence-corrected chi connectivity index (χ4v) is 1.58. The fourth-order valence-electron chi connectivity index (χ4n) is 1.58. The average molecular weight is 249 g/mol. The van der Waals surface area contributed by atoms with E-state index in [9.17, 15) is 4.79 Å². The van der Waals surface area contributed by atoms with Crippen molar-refractivity contribution in [2.75, 3.05) is 13.7 Å². The second kappa shape index (κ2) is 7.50. The quantitative estimate of drug-likeness (QED) is 0.574. The molecule has 4 nitrogen and oxygen atoms in total. The van der Waals surface area contributed by atoms with Crippen molar-refractivity contribution in [1.29, 1.82) is 0 Å². The molecule has 0 fully saturated rings. The van der Waals surface area contributed by atoms with Gasteiger partial charge in [0.1, 0.15) is 5.75 Å². The van der Waals surface area contributed by atoms with Crippen molar-refractivity contribution in [3.8, 4) is 5.75 Å². The van der Waals surface area contributed by atoms with Crippen LogP contribution in [0.25, 0.3) is 0 Å². The van der Waals surface area contributed by atoms with Crippen molar-refractivity contribution in [2.24, 2.45) is 0 Å². The second-order valence-corrected chi connectivity index (χ2v) is 3.87. The van der Waals surface area contributed by atoms with Gasteiger partial charge in [0.2, 0.25) is 0 Å². The minimum atomic E-state index is -0.847. The largest absolute Gasteiger partial charge is 0.497 e. The Bertz CT molecular complexity index is 427. The van der Waals surface area contributed by atoms with Crippen LogP contribution < -0.4 is 10.1 Å². The number of nitrogens with one attached hydrogen (secondary N) is 1. The number of carboxylic acid groups (broad SMARTS) is 1. The maximum atomic E-state index is 10.8. The topological polar surface area (TPSA) is 58.6 Å². The number of hydrogen-bond donors (Lipinski definition) is 2. The summed E-state index contributed by atoms with van der Waals surface area (Å²) in [5.41, 5.74) is 1.55. The first-order valence-electron chi connectivity index (χ1n) is 5.93. The van der Waals surface area contributed by atoms with E-state index >= 15 is 0 Å². The van der Waals surface area contributed by atoms with Crippen molar-refractivity contribution in [3.05, 3.63) is 41.5 Å². The highest BCUT2D eigenvalue weighted by Crippen LogP contribution is 2.12. The smallest absolute Gasteiger partial charge is 0.331 e. The van der Waals surface area contributed by atoms with E-state index in [2.05, 4.69) is 5.32 Å². The van der Waals surface area contributed by atoms with Gasteiger partial charge in [0, 0.05) is 18.7 Å². The van der Waals surface area contributed by atoms with Gasteiger partial charge < -0.3 is 15.2 Å². The van der Waals surface area contributed by atoms with E-state index in [4.69, 9.17) is 9.84 Å². The lowest BCUT2D eigenvalue weighted by Gasteiger charge is -2.05. The molecule has 0 amide bonds. The van der Waals surface area contributed by atoms with Gasteiger partial charge in [-0.2, -0.15) is 0 Å². The van der Waals surface area contributed by atoms with Crippen LogP contribution in [0.5, 0.6) is 5.75 Å². The lowest BCUT2D eigenvalue weighted by molar-refractivity contribution is -0.132. The SMILES string of the molecule is CC/C(=C/CNCc1cccc(OC)c1)C(=O)O. The molecule has 0 saturated heterocycles. The molecule has 0 aliphatic carbocycles. The summed E-state index contributed by atoms with van der Waals surface area (Å²) in [7, 11) is 1.63. The third-order valence-corrected chi connectivity index (χ3v) is 2.61. The molecule has 0 bridgehead atoms. The van der Waals surface area contributed by atoms with Crippen LogP contribution in [0, 0.1) is 0 Å². The molecule has 0 atom stereocenters. The van der Waals surface area contributed by atoms with Crippen LogP contribution >= 0.6 is 0 Å².